The predicted molar refractivity (Wildman–Crippen MR) is 74.7 cm³/mol. The molecule has 1 aromatic carbocycles. The van der Waals surface area contributed by atoms with Crippen molar-refractivity contribution in [2.24, 2.45) is 0 Å². The SMILES string of the molecule is CC[C@@H]1CN(C)c2cc3c(cc2O1)CCNCC3. The fraction of sp³-hybridized carbons (Fsp3) is 0.600. The molecule has 0 spiro atoms. The zero-order chi connectivity index (χ0) is 12.5. The smallest absolute Gasteiger partial charge is 0.143 e. The zero-order valence-electron chi connectivity index (χ0n) is 11.3. The highest BCUT2D eigenvalue weighted by atomic mass is 16.5. The Bertz CT molecular complexity index is 444. The summed E-state index contributed by atoms with van der Waals surface area (Å²) in [6.07, 6.45) is 3.66. The van der Waals surface area contributed by atoms with Gasteiger partial charge in [0.1, 0.15) is 11.9 Å². The molecule has 2 aliphatic heterocycles. The van der Waals surface area contributed by atoms with Gasteiger partial charge in [-0.05, 0) is 55.6 Å². The van der Waals surface area contributed by atoms with Crippen LogP contribution < -0.4 is 15.0 Å². The Morgan fingerprint density at radius 3 is 2.72 bits per heavy atom. The second-order valence-corrected chi connectivity index (χ2v) is 5.37. The summed E-state index contributed by atoms with van der Waals surface area (Å²) in [6, 6.07) is 4.61. The van der Waals surface area contributed by atoms with E-state index in [1.165, 1.54) is 16.8 Å². The van der Waals surface area contributed by atoms with Gasteiger partial charge in [0.05, 0.1) is 12.2 Å². The van der Waals surface area contributed by atoms with E-state index in [1.807, 2.05) is 0 Å². The minimum atomic E-state index is 0.337. The van der Waals surface area contributed by atoms with Crippen molar-refractivity contribution < 1.29 is 4.74 Å². The third-order valence-corrected chi connectivity index (χ3v) is 4.06. The third kappa shape index (κ3) is 2.07. The molecule has 98 valence electrons. The van der Waals surface area contributed by atoms with Crippen molar-refractivity contribution >= 4 is 5.69 Å². The van der Waals surface area contributed by atoms with Crippen LogP contribution in [0.25, 0.3) is 0 Å². The van der Waals surface area contributed by atoms with E-state index in [2.05, 4.69) is 36.3 Å². The second kappa shape index (κ2) is 4.81. The summed E-state index contributed by atoms with van der Waals surface area (Å²) in [6.45, 7) is 5.37. The average molecular weight is 246 g/mol. The number of nitrogens with zero attached hydrogens (tertiary/aromatic N) is 1. The highest BCUT2D eigenvalue weighted by Gasteiger charge is 2.24. The van der Waals surface area contributed by atoms with Crippen molar-refractivity contribution in [3.8, 4) is 5.75 Å². The van der Waals surface area contributed by atoms with E-state index < -0.39 is 0 Å². The van der Waals surface area contributed by atoms with Gasteiger partial charge >= 0.3 is 0 Å². The van der Waals surface area contributed by atoms with E-state index in [-0.39, 0.29) is 0 Å². The van der Waals surface area contributed by atoms with Crippen LogP contribution in [-0.2, 0) is 12.8 Å². The molecule has 2 heterocycles. The summed E-state index contributed by atoms with van der Waals surface area (Å²) < 4.78 is 6.10. The van der Waals surface area contributed by atoms with Crippen molar-refractivity contribution in [1.29, 1.82) is 0 Å². The first-order valence-electron chi connectivity index (χ1n) is 7.02. The van der Waals surface area contributed by atoms with E-state index in [0.717, 1.165) is 44.6 Å². The minimum absolute atomic E-state index is 0.337. The summed E-state index contributed by atoms with van der Waals surface area (Å²) in [7, 11) is 2.17. The van der Waals surface area contributed by atoms with Crippen LogP contribution in [0.15, 0.2) is 12.1 Å². The van der Waals surface area contributed by atoms with Gasteiger partial charge in [-0.1, -0.05) is 6.92 Å². The quantitative estimate of drug-likeness (QED) is 0.820. The molecule has 1 aromatic rings. The summed E-state index contributed by atoms with van der Waals surface area (Å²) in [5, 5.41) is 3.46. The average Bonchev–Trinajstić information content (AvgIpc) is 2.61. The van der Waals surface area contributed by atoms with Crippen LogP contribution in [0.2, 0.25) is 0 Å². The van der Waals surface area contributed by atoms with Crippen molar-refractivity contribution in [2.45, 2.75) is 32.3 Å². The summed E-state index contributed by atoms with van der Waals surface area (Å²) in [4.78, 5) is 2.34. The molecule has 2 aliphatic rings. The molecule has 0 unspecified atom stereocenters. The molecule has 3 nitrogen and oxygen atoms in total. The third-order valence-electron chi connectivity index (χ3n) is 4.06. The Hall–Kier alpha value is -1.22. The van der Waals surface area contributed by atoms with Crippen LogP contribution in [0.5, 0.6) is 5.75 Å². The van der Waals surface area contributed by atoms with Gasteiger partial charge < -0.3 is 15.0 Å². The molecule has 1 N–H and O–H groups in total. The van der Waals surface area contributed by atoms with Crippen LogP contribution in [-0.4, -0.2) is 32.8 Å². The van der Waals surface area contributed by atoms with E-state index in [4.69, 9.17) is 4.74 Å². The van der Waals surface area contributed by atoms with Gasteiger partial charge in [0.25, 0.3) is 0 Å². The molecule has 0 amide bonds. The first kappa shape index (κ1) is 11.8. The first-order chi connectivity index (χ1) is 8.78. The molecule has 0 saturated heterocycles. The molecule has 0 fully saturated rings. The Morgan fingerprint density at radius 1 is 1.28 bits per heavy atom. The Kier molecular flexibility index (Phi) is 3.16. The number of benzene rings is 1. The maximum absolute atomic E-state index is 6.10. The maximum atomic E-state index is 6.10. The van der Waals surface area contributed by atoms with Crippen molar-refractivity contribution in [2.75, 3.05) is 31.6 Å². The fourth-order valence-electron chi connectivity index (χ4n) is 2.92. The van der Waals surface area contributed by atoms with Gasteiger partial charge in [-0.25, -0.2) is 0 Å². The standard InChI is InChI=1S/C15H22N2O/c1-3-13-10-17(2)14-8-11-4-6-16-7-5-12(11)9-15(14)18-13/h8-9,13,16H,3-7,10H2,1-2H3/t13-/m1/s1. The van der Waals surface area contributed by atoms with Crippen LogP contribution in [0.1, 0.15) is 24.5 Å². The van der Waals surface area contributed by atoms with Crippen LogP contribution >= 0.6 is 0 Å². The molecule has 0 aliphatic carbocycles. The lowest BCUT2D eigenvalue weighted by molar-refractivity contribution is 0.191. The number of hydrogen-bond donors (Lipinski definition) is 1. The molecule has 3 rings (SSSR count). The Morgan fingerprint density at radius 2 is 2.00 bits per heavy atom. The number of ether oxygens (including phenoxy) is 1. The first-order valence-corrected chi connectivity index (χ1v) is 7.02. The van der Waals surface area contributed by atoms with E-state index in [0.29, 0.717) is 6.10 Å². The van der Waals surface area contributed by atoms with Crippen LogP contribution in [0.4, 0.5) is 5.69 Å². The molecule has 0 bridgehead atoms. The number of anilines is 1. The highest BCUT2D eigenvalue weighted by molar-refractivity contribution is 5.63. The van der Waals surface area contributed by atoms with Gasteiger partial charge in [0.2, 0.25) is 0 Å². The van der Waals surface area contributed by atoms with E-state index in [1.54, 1.807) is 0 Å². The number of fused-ring (bicyclic) bond motifs is 2. The van der Waals surface area contributed by atoms with Gasteiger partial charge in [-0.2, -0.15) is 0 Å². The molecule has 0 radical (unpaired) electrons. The molecular formula is C15H22N2O. The van der Waals surface area contributed by atoms with E-state index >= 15 is 0 Å². The molecule has 0 aromatic heterocycles. The maximum Gasteiger partial charge on any atom is 0.143 e. The van der Waals surface area contributed by atoms with Crippen LogP contribution in [0.3, 0.4) is 0 Å². The summed E-state index contributed by atoms with van der Waals surface area (Å²) >= 11 is 0. The lowest BCUT2D eigenvalue weighted by Crippen LogP contribution is -2.37. The topological polar surface area (TPSA) is 24.5 Å². The fourth-order valence-corrected chi connectivity index (χ4v) is 2.92. The largest absolute Gasteiger partial charge is 0.486 e. The minimum Gasteiger partial charge on any atom is -0.486 e. The van der Waals surface area contributed by atoms with Gasteiger partial charge in [0, 0.05) is 7.05 Å². The van der Waals surface area contributed by atoms with Crippen molar-refractivity contribution in [3.63, 3.8) is 0 Å². The number of hydrogen-bond acceptors (Lipinski definition) is 3. The molecule has 18 heavy (non-hydrogen) atoms. The Labute approximate surface area is 109 Å². The molecule has 0 saturated carbocycles. The lowest BCUT2D eigenvalue weighted by Gasteiger charge is -2.34. The Balaban J connectivity index is 1.99. The summed E-state index contributed by atoms with van der Waals surface area (Å²) in [5.74, 6) is 1.08. The lowest BCUT2D eigenvalue weighted by atomic mass is 10.00. The van der Waals surface area contributed by atoms with Crippen LogP contribution in [0, 0.1) is 0 Å². The van der Waals surface area contributed by atoms with Crippen molar-refractivity contribution in [1.82, 2.24) is 5.32 Å². The van der Waals surface area contributed by atoms with Gasteiger partial charge in [-0.15, -0.1) is 0 Å². The number of likely N-dealkylation sites (N-methyl/N-ethyl adjacent to an activating group) is 1. The highest BCUT2D eigenvalue weighted by Crippen LogP contribution is 2.36. The molecule has 1 atom stereocenters. The number of nitrogens with one attached hydrogen (secondary N) is 1. The zero-order valence-corrected chi connectivity index (χ0v) is 11.3. The second-order valence-electron chi connectivity index (χ2n) is 5.37. The van der Waals surface area contributed by atoms with Gasteiger partial charge in [-0.3, -0.25) is 0 Å². The molecular weight excluding hydrogens is 224 g/mol. The predicted octanol–water partition coefficient (Wildman–Crippen LogP) is 1.98. The van der Waals surface area contributed by atoms with Gasteiger partial charge in [0.15, 0.2) is 0 Å². The van der Waals surface area contributed by atoms with Crippen molar-refractivity contribution in [3.05, 3.63) is 23.3 Å². The normalized spacial score (nSPS) is 22.8. The number of rotatable bonds is 1. The molecule has 3 heteroatoms. The van der Waals surface area contributed by atoms with E-state index in [9.17, 15) is 0 Å². The monoisotopic (exact) mass is 246 g/mol. The summed E-state index contributed by atoms with van der Waals surface area (Å²) in [5.41, 5.74) is 4.22.